The molecule has 0 aliphatic heterocycles. The fourth-order valence-corrected chi connectivity index (χ4v) is 2.05. The summed E-state index contributed by atoms with van der Waals surface area (Å²) in [5.41, 5.74) is 1.37. The van der Waals surface area contributed by atoms with Gasteiger partial charge in [0.25, 0.3) is 0 Å². The molecule has 0 atom stereocenters. The number of halogens is 2. The maximum absolute atomic E-state index is 12.5. The molecule has 0 aliphatic rings. The number of carbonyl (C=O) groups is 2. The number of benzene rings is 2. The van der Waals surface area contributed by atoms with E-state index in [1.165, 1.54) is 0 Å². The minimum atomic E-state index is -0.227. The topological polar surface area (TPSA) is 46.2 Å². The lowest BCUT2D eigenvalue weighted by molar-refractivity contribution is -0.113. The smallest absolute Gasteiger partial charge is 0.235 e. The first-order valence-corrected chi connectivity index (χ1v) is 7.37. The molecule has 1 amide bonds. The van der Waals surface area contributed by atoms with Gasteiger partial charge in [-0.2, -0.15) is 0 Å². The summed E-state index contributed by atoms with van der Waals surface area (Å²) in [6.45, 7) is 0. The number of rotatable bonds is 4. The summed E-state index contributed by atoms with van der Waals surface area (Å²) in [5.74, 6) is -0.410. The average Bonchev–Trinajstić information content (AvgIpc) is 2.49. The monoisotopic (exact) mass is 351 g/mol. The number of alkyl halides is 1. The van der Waals surface area contributed by atoms with Gasteiger partial charge in [-0.1, -0.05) is 57.9 Å². The third kappa shape index (κ3) is 3.46. The number of amides is 1. The van der Waals surface area contributed by atoms with Gasteiger partial charge in [0.05, 0.1) is 11.0 Å². The third-order valence-corrected chi connectivity index (χ3v) is 3.40. The van der Waals surface area contributed by atoms with E-state index in [0.717, 1.165) is 0 Å². The van der Waals surface area contributed by atoms with Gasteiger partial charge >= 0.3 is 0 Å². The van der Waals surface area contributed by atoms with Gasteiger partial charge in [0, 0.05) is 16.1 Å². The second kappa shape index (κ2) is 6.68. The van der Waals surface area contributed by atoms with Crippen molar-refractivity contribution in [2.75, 3.05) is 10.6 Å². The predicted octanol–water partition coefficient (Wildman–Crippen LogP) is 3.90. The van der Waals surface area contributed by atoms with Gasteiger partial charge in [-0.3, -0.25) is 9.59 Å². The fraction of sp³-hybridized carbons (Fsp3) is 0.0667. The van der Waals surface area contributed by atoms with Crippen molar-refractivity contribution in [2.45, 2.75) is 0 Å². The van der Waals surface area contributed by atoms with E-state index < -0.39 is 0 Å². The first-order chi connectivity index (χ1) is 9.61. The Kier molecular flexibility index (Phi) is 4.93. The number of nitrogens with one attached hydrogen (secondary N) is 1. The number of hydrogen-bond acceptors (Lipinski definition) is 2. The van der Waals surface area contributed by atoms with E-state index in [0.29, 0.717) is 21.8 Å². The van der Waals surface area contributed by atoms with Crippen LogP contribution in [0.25, 0.3) is 0 Å². The molecule has 0 radical (unpaired) electrons. The molecular weight excluding hydrogens is 342 g/mol. The Morgan fingerprint density at radius 3 is 2.45 bits per heavy atom. The lowest BCUT2D eigenvalue weighted by Crippen LogP contribution is -2.15. The lowest BCUT2D eigenvalue weighted by Gasteiger charge is -2.10. The molecule has 5 heteroatoms. The molecule has 0 saturated heterocycles. The van der Waals surface area contributed by atoms with Gasteiger partial charge in [-0.05, 0) is 18.2 Å². The van der Waals surface area contributed by atoms with Crippen molar-refractivity contribution >= 4 is 44.9 Å². The third-order valence-electron chi connectivity index (χ3n) is 2.66. The highest BCUT2D eigenvalue weighted by atomic mass is 79.9. The number of hydrogen-bond donors (Lipinski definition) is 1. The van der Waals surface area contributed by atoms with Crippen LogP contribution < -0.4 is 5.32 Å². The zero-order valence-electron chi connectivity index (χ0n) is 10.4. The molecule has 0 heterocycles. The van der Waals surface area contributed by atoms with Crippen LogP contribution in [0.3, 0.4) is 0 Å². The minimum absolute atomic E-state index is 0.161. The van der Waals surface area contributed by atoms with Gasteiger partial charge in [-0.25, -0.2) is 0 Å². The molecule has 2 rings (SSSR count). The largest absolute Gasteiger partial charge is 0.325 e. The van der Waals surface area contributed by atoms with Gasteiger partial charge in [0.1, 0.15) is 0 Å². The van der Waals surface area contributed by atoms with Crippen molar-refractivity contribution < 1.29 is 9.59 Å². The standard InChI is InChI=1S/C15H11BrClNO2/c16-9-14(19)18-13-7-6-11(17)8-12(13)15(20)10-4-2-1-3-5-10/h1-8H,9H2,(H,18,19). The summed E-state index contributed by atoms with van der Waals surface area (Å²) < 4.78 is 0. The van der Waals surface area contributed by atoms with Crippen LogP contribution >= 0.6 is 27.5 Å². The van der Waals surface area contributed by atoms with Gasteiger partial charge in [0.2, 0.25) is 5.91 Å². The van der Waals surface area contributed by atoms with Gasteiger partial charge in [-0.15, -0.1) is 0 Å². The molecule has 3 nitrogen and oxygen atoms in total. The molecule has 0 fully saturated rings. The Balaban J connectivity index is 2.41. The van der Waals surface area contributed by atoms with Crippen molar-refractivity contribution in [3.05, 3.63) is 64.7 Å². The predicted molar refractivity (Wildman–Crippen MR) is 83.8 cm³/mol. The van der Waals surface area contributed by atoms with Crippen LogP contribution in [0, 0.1) is 0 Å². The molecule has 2 aromatic carbocycles. The first-order valence-electron chi connectivity index (χ1n) is 5.87. The summed E-state index contributed by atoms with van der Waals surface area (Å²) in [7, 11) is 0. The normalized spacial score (nSPS) is 10.1. The van der Waals surface area contributed by atoms with Crippen LogP contribution in [0.5, 0.6) is 0 Å². The van der Waals surface area contributed by atoms with E-state index >= 15 is 0 Å². The number of anilines is 1. The van der Waals surface area contributed by atoms with Crippen molar-refractivity contribution in [1.29, 1.82) is 0 Å². The van der Waals surface area contributed by atoms with Gasteiger partial charge in [0.15, 0.2) is 5.78 Å². The van der Waals surface area contributed by atoms with E-state index in [9.17, 15) is 9.59 Å². The molecule has 0 aromatic heterocycles. The molecule has 2 aromatic rings. The molecule has 0 bridgehead atoms. The highest BCUT2D eigenvalue weighted by Crippen LogP contribution is 2.23. The maximum atomic E-state index is 12.5. The van der Waals surface area contributed by atoms with Crippen LogP contribution in [-0.2, 0) is 4.79 Å². The van der Waals surface area contributed by atoms with Crippen LogP contribution in [0.2, 0.25) is 5.02 Å². The van der Waals surface area contributed by atoms with E-state index in [2.05, 4.69) is 21.2 Å². The highest BCUT2D eigenvalue weighted by molar-refractivity contribution is 9.09. The minimum Gasteiger partial charge on any atom is -0.325 e. The summed E-state index contributed by atoms with van der Waals surface area (Å²) in [4.78, 5) is 23.9. The summed E-state index contributed by atoms with van der Waals surface area (Å²) in [6.07, 6.45) is 0. The second-order valence-electron chi connectivity index (χ2n) is 4.07. The van der Waals surface area contributed by atoms with Crippen molar-refractivity contribution in [1.82, 2.24) is 0 Å². The second-order valence-corrected chi connectivity index (χ2v) is 5.06. The molecule has 0 aliphatic carbocycles. The zero-order valence-corrected chi connectivity index (χ0v) is 12.7. The zero-order chi connectivity index (χ0) is 14.5. The summed E-state index contributed by atoms with van der Waals surface area (Å²) >= 11 is 9.01. The van der Waals surface area contributed by atoms with E-state index in [1.54, 1.807) is 42.5 Å². The Bertz CT molecular complexity index is 644. The average molecular weight is 353 g/mol. The molecular formula is C15H11BrClNO2. The fourth-order valence-electron chi connectivity index (χ4n) is 1.74. The molecule has 102 valence electrons. The Labute approximate surface area is 130 Å². The summed E-state index contributed by atoms with van der Waals surface area (Å²) in [6, 6.07) is 13.7. The number of ketones is 1. The van der Waals surface area contributed by atoms with Gasteiger partial charge < -0.3 is 5.32 Å². The maximum Gasteiger partial charge on any atom is 0.235 e. The lowest BCUT2D eigenvalue weighted by atomic mass is 10.0. The van der Waals surface area contributed by atoms with Crippen LogP contribution in [0.1, 0.15) is 15.9 Å². The molecule has 0 spiro atoms. The molecule has 20 heavy (non-hydrogen) atoms. The Morgan fingerprint density at radius 1 is 1.10 bits per heavy atom. The highest BCUT2D eigenvalue weighted by Gasteiger charge is 2.15. The Morgan fingerprint density at radius 2 is 1.80 bits per heavy atom. The molecule has 0 unspecified atom stereocenters. The van der Waals surface area contributed by atoms with Crippen LogP contribution in [0.15, 0.2) is 48.5 Å². The molecule has 0 saturated carbocycles. The van der Waals surface area contributed by atoms with Crippen molar-refractivity contribution in [3.63, 3.8) is 0 Å². The van der Waals surface area contributed by atoms with Crippen molar-refractivity contribution in [2.24, 2.45) is 0 Å². The van der Waals surface area contributed by atoms with Crippen LogP contribution in [-0.4, -0.2) is 17.0 Å². The summed E-state index contributed by atoms with van der Waals surface area (Å²) in [5, 5.41) is 3.28. The Hall–Kier alpha value is -1.65. The van der Waals surface area contributed by atoms with E-state index in [-0.39, 0.29) is 17.0 Å². The van der Waals surface area contributed by atoms with Crippen molar-refractivity contribution in [3.8, 4) is 0 Å². The van der Waals surface area contributed by atoms with E-state index in [1.807, 2.05) is 6.07 Å². The first kappa shape index (κ1) is 14.8. The molecule has 1 N–H and O–H groups in total. The van der Waals surface area contributed by atoms with E-state index in [4.69, 9.17) is 11.6 Å². The SMILES string of the molecule is O=C(CBr)Nc1ccc(Cl)cc1C(=O)c1ccccc1. The van der Waals surface area contributed by atoms with Crippen LogP contribution in [0.4, 0.5) is 5.69 Å². The quantitative estimate of drug-likeness (QED) is 0.670. The number of carbonyl (C=O) groups excluding carboxylic acids is 2.